The number of benzene rings is 2. The highest BCUT2D eigenvalue weighted by atomic mass is 35.5. The molecule has 1 heterocycles. The Morgan fingerprint density at radius 2 is 1.81 bits per heavy atom. The number of hydrogen-bond donors (Lipinski definition) is 1. The Morgan fingerprint density at radius 1 is 1.05 bits per heavy atom. The van der Waals surface area contributed by atoms with Gasteiger partial charge in [0.05, 0.1) is 11.2 Å². The SMILES string of the molecule is CC(Cc1ccc(Cl)cc1)Nc1cccc2cccnc12. The normalized spacial score (nSPS) is 12.3. The van der Waals surface area contributed by atoms with Crippen LogP contribution in [0.15, 0.2) is 60.8 Å². The first-order valence-corrected chi connectivity index (χ1v) is 7.45. The van der Waals surface area contributed by atoms with E-state index in [4.69, 9.17) is 11.6 Å². The van der Waals surface area contributed by atoms with Crippen LogP contribution in [0.3, 0.4) is 0 Å². The van der Waals surface area contributed by atoms with Gasteiger partial charge < -0.3 is 5.32 Å². The molecule has 0 radical (unpaired) electrons. The topological polar surface area (TPSA) is 24.9 Å². The van der Waals surface area contributed by atoms with Crippen LogP contribution in [-0.4, -0.2) is 11.0 Å². The third-order valence-corrected chi connectivity index (χ3v) is 3.74. The molecule has 3 aromatic rings. The zero-order valence-corrected chi connectivity index (χ0v) is 12.6. The smallest absolute Gasteiger partial charge is 0.0933 e. The third-order valence-electron chi connectivity index (χ3n) is 3.49. The van der Waals surface area contributed by atoms with Gasteiger partial charge in [-0.2, -0.15) is 0 Å². The molecule has 0 aliphatic carbocycles. The molecule has 106 valence electrons. The number of fused-ring (bicyclic) bond motifs is 1. The monoisotopic (exact) mass is 296 g/mol. The molecule has 2 nitrogen and oxygen atoms in total. The Morgan fingerprint density at radius 3 is 2.62 bits per heavy atom. The second kappa shape index (κ2) is 6.15. The predicted octanol–water partition coefficient (Wildman–Crippen LogP) is 4.93. The van der Waals surface area contributed by atoms with Crippen molar-refractivity contribution in [2.45, 2.75) is 19.4 Å². The van der Waals surface area contributed by atoms with Crippen LogP contribution in [0.5, 0.6) is 0 Å². The summed E-state index contributed by atoms with van der Waals surface area (Å²) in [5.74, 6) is 0. The lowest BCUT2D eigenvalue weighted by Crippen LogP contribution is -2.18. The van der Waals surface area contributed by atoms with Crippen molar-refractivity contribution in [2.75, 3.05) is 5.32 Å². The van der Waals surface area contributed by atoms with Crippen molar-refractivity contribution in [2.24, 2.45) is 0 Å². The number of nitrogens with zero attached hydrogens (tertiary/aromatic N) is 1. The Bertz CT molecular complexity index is 732. The van der Waals surface area contributed by atoms with Crippen LogP contribution in [0.1, 0.15) is 12.5 Å². The van der Waals surface area contributed by atoms with E-state index in [2.05, 4.69) is 53.6 Å². The summed E-state index contributed by atoms with van der Waals surface area (Å²) in [4.78, 5) is 4.47. The Kier molecular flexibility index (Phi) is 4.07. The van der Waals surface area contributed by atoms with E-state index >= 15 is 0 Å². The van der Waals surface area contributed by atoms with Crippen LogP contribution in [0.25, 0.3) is 10.9 Å². The van der Waals surface area contributed by atoms with E-state index in [9.17, 15) is 0 Å². The van der Waals surface area contributed by atoms with Crippen molar-refractivity contribution >= 4 is 28.2 Å². The molecule has 0 saturated heterocycles. The van der Waals surface area contributed by atoms with Gasteiger partial charge in [-0.1, -0.05) is 41.9 Å². The largest absolute Gasteiger partial charge is 0.380 e. The molecule has 0 aliphatic rings. The van der Waals surface area contributed by atoms with E-state index in [1.165, 1.54) is 5.56 Å². The standard InChI is InChI=1S/C18H17ClN2/c1-13(12-14-7-9-16(19)10-8-14)21-17-6-2-4-15-5-3-11-20-18(15)17/h2-11,13,21H,12H2,1H3. The van der Waals surface area contributed by atoms with Gasteiger partial charge in [0.1, 0.15) is 0 Å². The number of nitrogens with one attached hydrogen (secondary N) is 1. The highest BCUT2D eigenvalue weighted by Crippen LogP contribution is 2.22. The van der Waals surface area contributed by atoms with Crippen molar-refractivity contribution in [1.29, 1.82) is 0 Å². The van der Waals surface area contributed by atoms with Crippen molar-refractivity contribution in [3.63, 3.8) is 0 Å². The molecule has 0 fully saturated rings. The first-order valence-electron chi connectivity index (χ1n) is 7.07. The van der Waals surface area contributed by atoms with Crippen LogP contribution in [-0.2, 0) is 6.42 Å². The number of anilines is 1. The molecule has 0 spiro atoms. The highest BCUT2D eigenvalue weighted by Gasteiger charge is 2.07. The molecular weight excluding hydrogens is 280 g/mol. The number of aromatic nitrogens is 1. The van der Waals surface area contributed by atoms with Crippen LogP contribution < -0.4 is 5.32 Å². The van der Waals surface area contributed by atoms with E-state index in [-0.39, 0.29) is 0 Å². The van der Waals surface area contributed by atoms with Gasteiger partial charge in [0.2, 0.25) is 0 Å². The van der Waals surface area contributed by atoms with Crippen LogP contribution in [0.4, 0.5) is 5.69 Å². The van der Waals surface area contributed by atoms with E-state index in [1.54, 1.807) is 0 Å². The maximum Gasteiger partial charge on any atom is 0.0933 e. The molecule has 21 heavy (non-hydrogen) atoms. The first kappa shape index (κ1) is 13.9. The zero-order chi connectivity index (χ0) is 14.7. The number of halogens is 1. The fourth-order valence-electron chi connectivity index (χ4n) is 2.51. The average Bonchev–Trinajstić information content (AvgIpc) is 2.50. The Labute approximate surface area is 129 Å². The van der Waals surface area contributed by atoms with Gasteiger partial charge >= 0.3 is 0 Å². The molecule has 0 amide bonds. The zero-order valence-electron chi connectivity index (χ0n) is 11.9. The maximum atomic E-state index is 5.92. The predicted molar refractivity (Wildman–Crippen MR) is 90.0 cm³/mol. The molecule has 3 rings (SSSR count). The summed E-state index contributed by atoms with van der Waals surface area (Å²) in [6, 6.07) is 18.6. The van der Waals surface area contributed by atoms with E-state index < -0.39 is 0 Å². The van der Waals surface area contributed by atoms with Gasteiger partial charge in [-0.3, -0.25) is 4.98 Å². The Hall–Kier alpha value is -2.06. The van der Waals surface area contributed by atoms with Crippen molar-refractivity contribution in [3.8, 4) is 0 Å². The summed E-state index contributed by atoms with van der Waals surface area (Å²) in [6.07, 6.45) is 2.78. The Balaban J connectivity index is 1.77. The minimum absolute atomic E-state index is 0.318. The fraction of sp³-hybridized carbons (Fsp3) is 0.167. The van der Waals surface area contributed by atoms with E-state index in [0.29, 0.717) is 6.04 Å². The van der Waals surface area contributed by atoms with Gasteiger partial charge in [-0.05, 0) is 43.2 Å². The number of hydrogen-bond acceptors (Lipinski definition) is 2. The van der Waals surface area contributed by atoms with Crippen LogP contribution in [0, 0.1) is 0 Å². The summed E-state index contributed by atoms with van der Waals surface area (Å²) < 4.78 is 0. The van der Waals surface area contributed by atoms with Crippen molar-refractivity contribution in [3.05, 3.63) is 71.4 Å². The second-order valence-electron chi connectivity index (χ2n) is 5.26. The minimum atomic E-state index is 0.318. The molecule has 2 aromatic carbocycles. The average molecular weight is 297 g/mol. The van der Waals surface area contributed by atoms with Crippen LogP contribution in [0.2, 0.25) is 5.02 Å². The number of rotatable bonds is 4. The van der Waals surface area contributed by atoms with Gasteiger partial charge in [-0.25, -0.2) is 0 Å². The second-order valence-corrected chi connectivity index (χ2v) is 5.69. The first-order chi connectivity index (χ1) is 10.2. The fourth-order valence-corrected chi connectivity index (χ4v) is 2.64. The summed E-state index contributed by atoms with van der Waals surface area (Å²) in [6.45, 7) is 2.18. The minimum Gasteiger partial charge on any atom is -0.380 e. The molecule has 1 atom stereocenters. The third kappa shape index (κ3) is 3.34. The maximum absolute atomic E-state index is 5.92. The molecule has 0 bridgehead atoms. The molecule has 1 unspecified atom stereocenters. The van der Waals surface area contributed by atoms with E-state index in [0.717, 1.165) is 28.0 Å². The lowest BCUT2D eigenvalue weighted by Gasteiger charge is -2.16. The molecule has 0 saturated carbocycles. The van der Waals surface area contributed by atoms with E-state index in [1.807, 2.05) is 24.4 Å². The number of para-hydroxylation sites is 1. The van der Waals surface area contributed by atoms with Crippen molar-refractivity contribution in [1.82, 2.24) is 4.98 Å². The summed E-state index contributed by atoms with van der Waals surface area (Å²) in [5.41, 5.74) is 3.37. The molecule has 3 heteroatoms. The van der Waals surface area contributed by atoms with Crippen molar-refractivity contribution < 1.29 is 0 Å². The quantitative estimate of drug-likeness (QED) is 0.738. The molecular formula is C18H17ClN2. The van der Waals surface area contributed by atoms with Gasteiger partial charge in [-0.15, -0.1) is 0 Å². The summed E-state index contributed by atoms with van der Waals surface area (Å²) in [7, 11) is 0. The van der Waals surface area contributed by atoms with Crippen LogP contribution >= 0.6 is 11.6 Å². The molecule has 0 aliphatic heterocycles. The summed E-state index contributed by atoms with van der Waals surface area (Å²) in [5, 5.41) is 5.48. The molecule has 1 N–H and O–H groups in total. The van der Waals surface area contributed by atoms with Gasteiger partial charge in [0.15, 0.2) is 0 Å². The molecule has 1 aromatic heterocycles. The lowest BCUT2D eigenvalue weighted by molar-refractivity contribution is 0.791. The van der Waals surface area contributed by atoms with Gasteiger partial charge in [0.25, 0.3) is 0 Å². The number of pyridine rings is 1. The van der Waals surface area contributed by atoms with Gasteiger partial charge in [0, 0.05) is 22.6 Å². The summed E-state index contributed by atoms with van der Waals surface area (Å²) >= 11 is 5.92. The highest BCUT2D eigenvalue weighted by molar-refractivity contribution is 6.30. The lowest BCUT2D eigenvalue weighted by atomic mass is 10.1.